The van der Waals surface area contributed by atoms with Crippen LogP contribution in [-0.2, 0) is 14.4 Å². The normalized spacial score (nSPS) is 18.2. The molecule has 2 heterocycles. The van der Waals surface area contributed by atoms with Gasteiger partial charge in [0.1, 0.15) is 35.7 Å². The van der Waals surface area contributed by atoms with Crippen molar-refractivity contribution in [1.82, 2.24) is 14.9 Å². The summed E-state index contributed by atoms with van der Waals surface area (Å²) in [5.41, 5.74) is 0.316. The molecule has 0 saturated carbocycles. The van der Waals surface area contributed by atoms with Crippen LogP contribution in [0, 0.1) is 0 Å². The predicted octanol–water partition coefficient (Wildman–Crippen LogP) is 2.84. The van der Waals surface area contributed by atoms with Crippen LogP contribution >= 0.6 is 0 Å². The smallest absolute Gasteiger partial charge is 0.257 e. The third kappa shape index (κ3) is 5.68. The molecule has 4 rings (SSSR count). The van der Waals surface area contributed by atoms with Crippen LogP contribution in [0.15, 0.2) is 53.6 Å². The van der Waals surface area contributed by atoms with Gasteiger partial charge in [-0.1, -0.05) is 0 Å². The molecular formula is C23H26N4O6S. The number of amides is 1. The monoisotopic (exact) mass is 486 g/mol. The van der Waals surface area contributed by atoms with Gasteiger partial charge in [-0.3, -0.25) is 9.89 Å². The van der Waals surface area contributed by atoms with Crippen molar-refractivity contribution in [3.8, 4) is 23.0 Å². The Hall–Kier alpha value is -3.54. The average Bonchev–Trinajstić information content (AvgIpc) is 3.24. The highest BCUT2D eigenvalue weighted by Gasteiger charge is 2.19. The number of hydrogen-bond acceptors (Lipinski definition) is 7. The van der Waals surface area contributed by atoms with Crippen LogP contribution in [-0.4, -0.2) is 59.2 Å². The standard InChI is InChI=1S/C23H26N4O6S/c1-15(14-30-2)32-18-10-16(23(28)26-22-6-7-24-27-22)11-19(12-18)33-17-4-5-21-20(13-17)31-9-8-25-34(21,3)29/h4-7,10-13,15H,3,8-9,14H2,1-2H3,(H,25,29)(H2,24,26,27,28)/t15-,34?/m0/s1. The SMILES string of the molecule is C=S1(=O)NCCOc2cc(Oc3cc(O[C@@H](C)COC)cc(C(=O)Nc4cc[nH]n4)c3)ccc21. The number of ether oxygens (including phenoxy) is 4. The molecule has 1 aliphatic heterocycles. The molecule has 1 amide bonds. The van der Waals surface area contributed by atoms with E-state index in [0.29, 0.717) is 59.0 Å². The minimum atomic E-state index is -2.66. The third-order valence-electron chi connectivity index (χ3n) is 4.82. The van der Waals surface area contributed by atoms with Crippen molar-refractivity contribution in [2.75, 3.05) is 32.2 Å². The molecule has 0 bridgehead atoms. The van der Waals surface area contributed by atoms with Crippen molar-refractivity contribution < 1.29 is 28.0 Å². The third-order valence-corrected chi connectivity index (χ3v) is 6.54. The molecular weight excluding hydrogens is 460 g/mol. The Balaban J connectivity index is 1.63. The largest absolute Gasteiger partial charge is 0.491 e. The number of carbonyl (C=O) groups excluding carboxylic acids is 1. The minimum Gasteiger partial charge on any atom is -0.491 e. The topological polar surface area (TPSA) is 124 Å². The first-order chi connectivity index (χ1) is 16.3. The lowest BCUT2D eigenvalue weighted by Gasteiger charge is -2.17. The number of nitrogens with one attached hydrogen (secondary N) is 3. The van der Waals surface area contributed by atoms with E-state index in [4.69, 9.17) is 18.9 Å². The van der Waals surface area contributed by atoms with Gasteiger partial charge in [-0.15, -0.1) is 0 Å². The lowest BCUT2D eigenvalue weighted by molar-refractivity contribution is 0.0915. The first-order valence-corrected chi connectivity index (χ1v) is 12.2. The van der Waals surface area contributed by atoms with Gasteiger partial charge in [0, 0.05) is 43.6 Å². The Labute approximate surface area is 197 Å². The number of carbonyl (C=O) groups is 1. The maximum absolute atomic E-state index is 12.8. The van der Waals surface area contributed by atoms with Crippen molar-refractivity contribution >= 4 is 27.3 Å². The van der Waals surface area contributed by atoms with Gasteiger partial charge >= 0.3 is 0 Å². The minimum absolute atomic E-state index is 0.249. The number of H-pyrrole nitrogens is 1. The molecule has 2 atom stereocenters. The summed E-state index contributed by atoms with van der Waals surface area (Å²) in [6, 6.07) is 11.5. The van der Waals surface area contributed by atoms with Gasteiger partial charge in [0.25, 0.3) is 5.91 Å². The number of benzene rings is 2. The first-order valence-electron chi connectivity index (χ1n) is 10.5. The summed E-state index contributed by atoms with van der Waals surface area (Å²) in [5, 5.41) is 9.30. The Morgan fingerprint density at radius 3 is 2.82 bits per heavy atom. The zero-order chi connectivity index (χ0) is 24.1. The summed E-state index contributed by atoms with van der Waals surface area (Å²) in [5.74, 6) is 5.47. The zero-order valence-electron chi connectivity index (χ0n) is 18.8. The number of rotatable bonds is 8. The maximum Gasteiger partial charge on any atom is 0.257 e. The van der Waals surface area contributed by atoms with Crippen molar-refractivity contribution in [3.63, 3.8) is 0 Å². The van der Waals surface area contributed by atoms with Crippen molar-refractivity contribution in [2.24, 2.45) is 0 Å². The van der Waals surface area contributed by atoms with Crippen LogP contribution in [0.5, 0.6) is 23.0 Å². The lowest BCUT2D eigenvalue weighted by atomic mass is 10.2. The molecule has 1 aliphatic rings. The van der Waals surface area contributed by atoms with E-state index in [9.17, 15) is 9.00 Å². The fourth-order valence-corrected chi connectivity index (χ4v) is 4.67. The summed E-state index contributed by atoms with van der Waals surface area (Å²) < 4.78 is 38.4. The molecule has 1 unspecified atom stereocenters. The first kappa shape index (κ1) is 23.6. The number of anilines is 1. The van der Waals surface area contributed by atoms with E-state index in [-0.39, 0.29) is 12.0 Å². The fourth-order valence-electron chi connectivity index (χ4n) is 3.37. The highest BCUT2D eigenvalue weighted by molar-refractivity contribution is 7.98. The highest BCUT2D eigenvalue weighted by atomic mass is 32.2. The molecule has 3 N–H and O–H groups in total. The van der Waals surface area contributed by atoms with Crippen LogP contribution in [0.3, 0.4) is 0 Å². The molecule has 2 aromatic carbocycles. The number of aromatic amines is 1. The van der Waals surface area contributed by atoms with E-state index < -0.39 is 9.71 Å². The van der Waals surface area contributed by atoms with Crippen LogP contribution in [0.2, 0.25) is 0 Å². The second-order valence-electron chi connectivity index (χ2n) is 7.62. The van der Waals surface area contributed by atoms with Gasteiger partial charge in [0.05, 0.1) is 21.2 Å². The maximum atomic E-state index is 12.8. The van der Waals surface area contributed by atoms with E-state index in [1.54, 1.807) is 55.8 Å². The lowest BCUT2D eigenvalue weighted by Crippen LogP contribution is -2.24. The number of methoxy groups -OCH3 is 1. The van der Waals surface area contributed by atoms with E-state index in [1.165, 1.54) is 0 Å². The van der Waals surface area contributed by atoms with Crippen LogP contribution in [0.25, 0.3) is 0 Å². The quantitative estimate of drug-likeness (QED) is 0.418. The second kappa shape index (κ2) is 10.2. The number of aromatic nitrogens is 2. The van der Waals surface area contributed by atoms with Crippen LogP contribution < -0.4 is 24.2 Å². The molecule has 0 radical (unpaired) electrons. The Bertz CT molecular complexity index is 1260. The average molecular weight is 487 g/mol. The second-order valence-corrected chi connectivity index (χ2v) is 9.70. The fraction of sp³-hybridized carbons (Fsp3) is 0.261. The molecule has 0 aliphatic carbocycles. The highest BCUT2D eigenvalue weighted by Crippen LogP contribution is 2.34. The molecule has 1 aromatic heterocycles. The molecule has 3 aromatic rings. The van der Waals surface area contributed by atoms with E-state index in [0.717, 1.165) is 0 Å². The summed E-state index contributed by atoms with van der Waals surface area (Å²) >= 11 is 0. The van der Waals surface area contributed by atoms with Gasteiger partial charge in [-0.25, -0.2) is 8.93 Å². The Morgan fingerprint density at radius 1 is 1.24 bits per heavy atom. The summed E-state index contributed by atoms with van der Waals surface area (Å²) in [6.07, 6.45) is 1.36. The molecule has 0 saturated heterocycles. The Kier molecular flexibility index (Phi) is 7.06. The van der Waals surface area contributed by atoms with Gasteiger partial charge < -0.3 is 24.3 Å². The summed E-state index contributed by atoms with van der Waals surface area (Å²) in [4.78, 5) is 13.3. The molecule has 180 valence electrons. The number of hydrogen-bond donors (Lipinski definition) is 3. The Morgan fingerprint density at radius 2 is 2.06 bits per heavy atom. The molecule has 11 heteroatoms. The van der Waals surface area contributed by atoms with Crippen molar-refractivity contribution in [1.29, 1.82) is 0 Å². The van der Waals surface area contributed by atoms with E-state index in [2.05, 4.69) is 26.1 Å². The van der Waals surface area contributed by atoms with Gasteiger partial charge in [0.15, 0.2) is 5.82 Å². The zero-order valence-corrected chi connectivity index (χ0v) is 19.6. The van der Waals surface area contributed by atoms with E-state index in [1.807, 2.05) is 6.92 Å². The van der Waals surface area contributed by atoms with Gasteiger partial charge in [0.2, 0.25) is 0 Å². The van der Waals surface area contributed by atoms with Crippen LogP contribution in [0.4, 0.5) is 5.82 Å². The molecule has 0 fully saturated rings. The van der Waals surface area contributed by atoms with E-state index >= 15 is 0 Å². The summed E-state index contributed by atoms with van der Waals surface area (Å²) in [6.45, 7) is 3.00. The summed E-state index contributed by atoms with van der Waals surface area (Å²) in [7, 11) is -1.08. The number of nitrogens with zero attached hydrogens (tertiary/aromatic N) is 1. The van der Waals surface area contributed by atoms with Crippen molar-refractivity contribution in [2.45, 2.75) is 17.9 Å². The van der Waals surface area contributed by atoms with Gasteiger partial charge in [-0.2, -0.15) is 5.10 Å². The molecule has 10 nitrogen and oxygen atoms in total. The van der Waals surface area contributed by atoms with Crippen LogP contribution in [0.1, 0.15) is 17.3 Å². The predicted molar refractivity (Wildman–Crippen MR) is 128 cm³/mol. The molecule has 34 heavy (non-hydrogen) atoms. The number of fused-ring (bicyclic) bond motifs is 1. The van der Waals surface area contributed by atoms with Gasteiger partial charge in [-0.05, 0) is 37.1 Å². The van der Waals surface area contributed by atoms with Crippen molar-refractivity contribution in [3.05, 3.63) is 54.2 Å². The molecule has 0 spiro atoms.